The van der Waals surface area contributed by atoms with E-state index in [1.165, 1.54) is 6.92 Å². The maximum absolute atomic E-state index is 11.8. The first-order chi connectivity index (χ1) is 11.9. The van der Waals surface area contributed by atoms with E-state index in [1.807, 2.05) is 6.92 Å². The first-order valence-electron chi connectivity index (χ1n) is 7.87. The molecule has 164 valence electrons. The Balaban J connectivity index is 6.69. The van der Waals surface area contributed by atoms with Crippen molar-refractivity contribution in [1.29, 1.82) is 0 Å². The minimum Gasteiger partial charge on any atom is -0.323 e. The Kier molecular flexibility index (Phi) is 10.3. The van der Waals surface area contributed by atoms with E-state index in [2.05, 4.69) is 0 Å². The van der Waals surface area contributed by atoms with Gasteiger partial charge >= 0.3 is 30.4 Å². The Bertz CT molecular complexity index is 569. The lowest BCUT2D eigenvalue weighted by Crippen LogP contribution is -2.49. The molecule has 0 aromatic rings. The SMILES string of the molecule is CCCCCC(CC)N(C(P(=O)(O)O)P(=O)(O)O)C(P(=O)(O)O)P(=O)(O)O. The molecule has 0 heterocycles. The lowest BCUT2D eigenvalue weighted by molar-refractivity contribution is 0.142. The van der Waals surface area contributed by atoms with Gasteiger partial charge in [-0.2, -0.15) is 0 Å². The van der Waals surface area contributed by atoms with Crippen LogP contribution in [-0.2, 0) is 18.3 Å². The zero-order chi connectivity index (χ0) is 21.8. The summed E-state index contributed by atoms with van der Waals surface area (Å²) >= 11 is 0. The van der Waals surface area contributed by atoms with E-state index >= 15 is 0 Å². The van der Waals surface area contributed by atoms with Crippen LogP contribution in [0.1, 0.15) is 46.0 Å². The molecule has 0 aliphatic rings. The fourth-order valence-corrected chi connectivity index (χ4v) is 9.01. The predicted molar refractivity (Wildman–Crippen MR) is 95.8 cm³/mol. The predicted octanol–water partition coefficient (Wildman–Crippen LogP) is 0.925. The van der Waals surface area contributed by atoms with Gasteiger partial charge in [0.05, 0.1) is 0 Å². The Labute approximate surface area is 156 Å². The molecule has 0 aromatic carbocycles. The van der Waals surface area contributed by atoms with Gasteiger partial charge in [0.2, 0.25) is 11.0 Å². The van der Waals surface area contributed by atoms with E-state index in [1.54, 1.807) is 0 Å². The summed E-state index contributed by atoms with van der Waals surface area (Å²) in [5.41, 5.74) is -6.22. The summed E-state index contributed by atoms with van der Waals surface area (Å²) in [5.74, 6) is 0. The Morgan fingerprint density at radius 1 is 0.667 bits per heavy atom. The van der Waals surface area contributed by atoms with Crippen LogP contribution in [0.25, 0.3) is 0 Å². The molecule has 0 fully saturated rings. The van der Waals surface area contributed by atoms with E-state index in [0.717, 1.165) is 0 Å². The lowest BCUT2D eigenvalue weighted by Gasteiger charge is -2.42. The molecular formula is C10H27NO12P4. The van der Waals surface area contributed by atoms with Gasteiger partial charge in [0.15, 0.2) is 0 Å². The average molecular weight is 477 g/mol. The van der Waals surface area contributed by atoms with Crippen molar-refractivity contribution in [3.05, 3.63) is 0 Å². The van der Waals surface area contributed by atoms with Crippen LogP contribution in [0.2, 0.25) is 0 Å². The molecule has 0 amide bonds. The highest BCUT2D eigenvalue weighted by Gasteiger charge is 2.59. The second-order valence-corrected chi connectivity index (χ2v) is 13.5. The third-order valence-electron chi connectivity index (χ3n) is 3.77. The van der Waals surface area contributed by atoms with Crippen LogP contribution < -0.4 is 0 Å². The average Bonchev–Trinajstić information content (AvgIpc) is 2.36. The van der Waals surface area contributed by atoms with Crippen molar-refractivity contribution >= 4 is 30.4 Å². The fraction of sp³-hybridized carbons (Fsp3) is 1.00. The molecule has 0 spiro atoms. The maximum Gasteiger partial charge on any atom is 0.355 e. The molecule has 1 unspecified atom stereocenters. The molecule has 0 aliphatic heterocycles. The summed E-state index contributed by atoms with van der Waals surface area (Å²) < 4.78 is 47.1. The van der Waals surface area contributed by atoms with Crippen LogP contribution in [0.3, 0.4) is 0 Å². The van der Waals surface area contributed by atoms with Gasteiger partial charge in [-0.15, -0.1) is 0 Å². The van der Waals surface area contributed by atoms with Gasteiger partial charge in [-0.05, 0) is 12.8 Å². The molecule has 1 atom stereocenters. The van der Waals surface area contributed by atoms with E-state index in [0.29, 0.717) is 19.3 Å². The summed E-state index contributed by atoms with van der Waals surface area (Å²) in [6, 6.07) is -1.31. The molecule has 27 heavy (non-hydrogen) atoms. The molecule has 8 N–H and O–H groups in total. The van der Waals surface area contributed by atoms with E-state index in [-0.39, 0.29) is 17.7 Å². The van der Waals surface area contributed by atoms with E-state index < -0.39 is 47.5 Å². The second-order valence-electron chi connectivity index (χ2n) is 6.05. The summed E-state index contributed by atoms with van der Waals surface area (Å²) in [6.45, 7) is 3.22. The molecule has 0 bridgehead atoms. The van der Waals surface area contributed by atoms with E-state index in [4.69, 9.17) is 0 Å². The standard InChI is InChI=1S/C10H27NO12P4/c1-3-5-6-7-8(4-2)11(9(24(12,13)14)25(15,16)17)10(26(18,19)20)27(21,22)23/h8-10H,3-7H2,1-2H3,(H2,12,13,14)(H2,15,16,17)(H2,18,19,20)(H2,21,22,23). The van der Waals surface area contributed by atoms with Crippen LogP contribution >= 0.6 is 30.4 Å². The number of unbranched alkanes of at least 4 members (excludes halogenated alkanes) is 2. The van der Waals surface area contributed by atoms with Crippen LogP contribution in [0.4, 0.5) is 0 Å². The first kappa shape index (κ1) is 27.6. The Hall–Kier alpha value is 0.560. The largest absolute Gasteiger partial charge is 0.355 e. The number of nitrogens with zero attached hydrogens (tertiary/aromatic N) is 1. The van der Waals surface area contributed by atoms with Crippen LogP contribution in [0, 0.1) is 0 Å². The van der Waals surface area contributed by atoms with Crippen molar-refractivity contribution in [2.24, 2.45) is 0 Å². The summed E-state index contributed by atoms with van der Waals surface area (Å²) in [7, 11) is -23.1. The van der Waals surface area contributed by atoms with Crippen molar-refractivity contribution in [3.8, 4) is 0 Å². The van der Waals surface area contributed by atoms with Gasteiger partial charge in [0.1, 0.15) is 0 Å². The van der Waals surface area contributed by atoms with Gasteiger partial charge < -0.3 is 39.1 Å². The number of hydrogen-bond acceptors (Lipinski definition) is 5. The summed E-state index contributed by atoms with van der Waals surface area (Å²) in [4.78, 5) is 75.6. The van der Waals surface area contributed by atoms with Crippen molar-refractivity contribution < 1.29 is 57.4 Å². The highest BCUT2D eigenvalue weighted by atomic mass is 31.2. The monoisotopic (exact) mass is 477 g/mol. The smallest absolute Gasteiger partial charge is 0.323 e. The summed E-state index contributed by atoms with van der Waals surface area (Å²) in [5, 5.41) is 0. The normalized spacial score (nSPS) is 15.7. The molecule has 0 aliphatic carbocycles. The quantitative estimate of drug-likeness (QED) is 0.144. The zero-order valence-corrected chi connectivity index (χ0v) is 18.3. The number of rotatable bonds is 12. The maximum atomic E-state index is 11.8. The molecule has 0 saturated carbocycles. The van der Waals surface area contributed by atoms with E-state index in [9.17, 15) is 57.4 Å². The number of hydrogen-bond donors (Lipinski definition) is 8. The minimum absolute atomic E-state index is 0.0429. The van der Waals surface area contributed by atoms with Crippen LogP contribution in [-0.4, -0.2) is 61.1 Å². The highest BCUT2D eigenvalue weighted by Crippen LogP contribution is 2.69. The Morgan fingerprint density at radius 3 is 1.22 bits per heavy atom. The van der Waals surface area contributed by atoms with Crippen molar-refractivity contribution in [1.82, 2.24) is 4.90 Å². The molecule has 0 aromatic heterocycles. The van der Waals surface area contributed by atoms with Crippen LogP contribution in [0.15, 0.2) is 0 Å². The van der Waals surface area contributed by atoms with Crippen molar-refractivity contribution in [2.45, 2.75) is 63.0 Å². The van der Waals surface area contributed by atoms with Crippen molar-refractivity contribution in [2.75, 3.05) is 0 Å². The van der Waals surface area contributed by atoms with Gasteiger partial charge in [-0.25, -0.2) is 0 Å². The van der Waals surface area contributed by atoms with Gasteiger partial charge in [-0.3, -0.25) is 23.2 Å². The molecule has 17 heteroatoms. The van der Waals surface area contributed by atoms with Gasteiger partial charge in [-0.1, -0.05) is 33.1 Å². The summed E-state index contributed by atoms with van der Waals surface area (Å²) in [6.07, 6.45) is 1.44. The molecule has 0 saturated heterocycles. The second kappa shape index (κ2) is 10.0. The highest BCUT2D eigenvalue weighted by molar-refractivity contribution is 7.72. The lowest BCUT2D eigenvalue weighted by atomic mass is 10.1. The molecule has 0 rings (SSSR count). The first-order valence-corrected chi connectivity index (χ1v) is 14.6. The minimum atomic E-state index is -5.78. The van der Waals surface area contributed by atoms with Crippen LogP contribution in [0.5, 0.6) is 0 Å². The molecule has 13 nitrogen and oxygen atoms in total. The van der Waals surface area contributed by atoms with Gasteiger partial charge in [0, 0.05) is 6.04 Å². The zero-order valence-electron chi connectivity index (χ0n) is 14.7. The fourth-order valence-electron chi connectivity index (χ4n) is 2.78. The molecule has 0 radical (unpaired) electrons. The Morgan fingerprint density at radius 2 is 1.00 bits per heavy atom. The third-order valence-corrected chi connectivity index (χ3v) is 10.9. The molecular weight excluding hydrogens is 450 g/mol. The third kappa shape index (κ3) is 8.44. The van der Waals surface area contributed by atoms with Crippen molar-refractivity contribution in [3.63, 3.8) is 0 Å². The topological polar surface area (TPSA) is 233 Å². The van der Waals surface area contributed by atoms with Gasteiger partial charge in [0.25, 0.3) is 0 Å².